The van der Waals surface area contributed by atoms with E-state index in [0.29, 0.717) is 18.2 Å². The Morgan fingerprint density at radius 2 is 1.92 bits per heavy atom. The maximum absolute atomic E-state index is 14.6. The molecule has 6 heteroatoms. The van der Waals surface area contributed by atoms with Gasteiger partial charge in [0.1, 0.15) is 11.6 Å². The minimum Gasteiger partial charge on any atom is -0.480 e. The van der Waals surface area contributed by atoms with E-state index in [9.17, 15) is 14.0 Å². The third-order valence-corrected chi connectivity index (χ3v) is 5.14. The lowest BCUT2D eigenvalue weighted by atomic mass is 9.88. The summed E-state index contributed by atoms with van der Waals surface area (Å²) in [7, 11) is 0. The molecule has 2 aliphatic rings. The Labute approximate surface area is 147 Å². The smallest absolute Gasteiger partial charge is 0.267 e. The van der Waals surface area contributed by atoms with E-state index in [4.69, 9.17) is 4.74 Å². The molecular formula is C19H25FN2O3. The third-order valence-electron chi connectivity index (χ3n) is 5.14. The molecule has 1 N–H and O–H groups in total. The number of halogens is 1. The number of rotatable bonds is 4. The van der Waals surface area contributed by atoms with E-state index in [2.05, 4.69) is 24.1 Å². The zero-order valence-electron chi connectivity index (χ0n) is 14.8. The highest BCUT2D eigenvalue weighted by molar-refractivity contribution is 5.99. The molecule has 1 aromatic carbocycles. The van der Waals surface area contributed by atoms with E-state index >= 15 is 0 Å². The van der Waals surface area contributed by atoms with Crippen molar-refractivity contribution in [3.8, 4) is 5.75 Å². The van der Waals surface area contributed by atoms with Gasteiger partial charge in [-0.3, -0.25) is 14.9 Å². The zero-order valence-corrected chi connectivity index (χ0v) is 14.8. The molecule has 3 rings (SSSR count). The molecule has 1 atom stereocenters. The van der Waals surface area contributed by atoms with Crippen LogP contribution in [-0.2, 0) is 9.59 Å². The van der Waals surface area contributed by atoms with Crippen LogP contribution in [-0.4, -0.2) is 41.9 Å². The van der Waals surface area contributed by atoms with Crippen LogP contribution in [0.1, 0.15) is 51.0 Å². The molecule has 0 bridgehead atoms. The summed E-state index contributed by atoms with van der Waals surface area (Å²) >= 11 is 0. The molecule has 0 radical (unpaired) electrons. The van der Waals surface area contributed by atoms with Crippen molar-refractivity contribution >= 4 is 11.8 Å². The lowest BCUT2D eigenvalue weighted by Gasteiger charge is -2.35. The van der Waals surface area contributed by atoms with Crippen molar-refractivity contribution in [3.05, 3.63) is 29.6 Å². The molecule has 1 unspecified atom stereocenters. The molecule has 25 heavy (non-hydrogen) atoms. The largest absolute Gasteiger partial charge is 0.480 e. The molecule has 2 amide bonds. The molecule has 136 valence electrons. The van der Waals surface area contributed by atoms with Gasteiger partial charge in [-0.25, -0.2) is 4.39 Å². The highest BCUT2D eigenvalue weighted by Crippen LogP contribution is 2.32. The number of nitrogens with zero attached hydrogens (tertiary/aromatic N) is 1. The van der Waals surface area contributed by atoms with Crippen LogP contribution in [0.4, 0.5) is 4.39 Å². The lowest BCUT2D eigenvalue weighted by molar-refractivity contribution is -0.138. The van der Waals surface area contributed by atoms with Gasteiger partial charge < -0.3 is 9.64 Å². The Balaban J connectivity index is 1.63. The summed E-state index contributed by atoms with van der Waals surface area (Å²) in [5.74, 6) is -0.483. The number of benzene rings is 1. The summed E-state index contributed by atoms with van der Waals surface area (Å²) in [6, 6.07) is 5.37. The fraction of sp³-hybridized carbons (Fsp3) is 0.579. The summed E-state index contributed by atoms with van der Waals surface area (Å²) < 4.78 is 20.1. The number of piperidine rings is 2. The van der Waals surface area contributed by atoms with Gasteiger partial charge in [-0.1, -0.05) is 6.07 Å². The number of amides is 2. The summed E-state index contributed by atoms with van der Waals surface area (Å²) in [4.78, 5) is 25.3. The normalized spacial score (nSPS) is 23.0. The molecule has 2 fully saturated rings. The van der Waals surface area contributed by atoms with Crippen LogP contribution in [0, 0.1) is 5.82 Å². The van der Waals surface area contributed by atoms with Crippen LogP contribution in [0.3, 0.4) is 0 Å². The lowest BCUT2D eigenvalue weighted by Crippen LogP contribution is -2.46. The van der Waals surface area contributed by atoms with Crippen molar-refractivity contribution in [1.82, 2.24) is 10.2 Å². The predicted octanol–water partition coefficient (Wildman–Crippen LogP) is 2.60. The van der Waals surface area contributed by atoms with Gasteiger partial charge in [0.2, 0.25) is 5.91 Å². The van der Waals surface area contributed by atoms with Crippen LogP contribution in [0.25, 0.3) is 0 Å². The second kappa shape index (κ2) is 7.52. The van der Waals surface area contributed by atoms with Gasteiger partial charge in [-0.2, -0.15) is 0 Å². The maximum Gasteiger partial charge on any atom is 0.267 e. The molecular weight excluding hydrogens is 323 g/mol. The summed E-state index contributed by atoms with van der Waals surface area (Å²) in [5.41, 5.74) is 0.721. The monoisotopic (exact) mass is 348 g/mol. The number of carbonyl (C=O) groups is 2. The molecule has 0 aliphatic carbocycles. The fourth-order valence-electron chi connectivity index (χ4n) is 3.59. The van der Waals surface area contributed by atoms with Gasteiger partial charge in [0.05, 0.1) is 0 Å². The van der Waals surface area contributed by atoms with E-state index in [0.717, 1.165) is 31.5 Å². The van der Waals surface area contributed by atoms with Crippen LogP contribution >= 0.6 is 0 Å². The minimum absolute atomic E-state index is 0.222. The third kappa shape index (κ3) is 4.18. The average molecular weight is 348 g/mol. The molecule has 2 aliphatic heterocycles. The van der Waals surface area contributed by atoms with Crippen LogP contribution in [0.15, 0.2) is 18.2 Å². The van der Waals surface area contributed by atoms with Gasteiger partial charge in [-0.15, -0.1) is 0 Å². The number of hydrogen-bond donors (Lipinski definition) is 1. The average Bonchev–Trinajstić information content (AvgIpc) is 2.58. The Bertz CT molecular complexity index is 654. The van der Waals surface area contributed by atoms with Gasteiger partial charge in [0.25, 0.3) is 5.91 Å². The number of ether oxygens (including phenoxy) is 1. The fourth-order valence-corrected chi connectivity index (χ4v) is 3.59. The Morgan fingerprint density at radius 1 is 1.20 bits per heavy atom. The number of hydrogen-bond acceptors (Lipinski definition) is 4. The SMILES string of the molecule is CC(C)N1CCC(c2ccc(OC3CCC(=O)NC3=O)cc2F)CC1. The first-order valence-corrected chi connectivity index (χ1v) is 8.98. The Morgan fingerprint density at radius 3 is 2.52 bits per heavy atom. The molecule has 1 aromatic rings. The summed E-state index contributed by atoms with van der Waals surface area (Å²) in [6.07, 6.45) is 1.72. The highest BCUT2D eigenvalue weighted by atomic mass is 19.1. The van der Waals surface area contributed by atoms with Crippen molar-refractivity contribution in [2.24, 2.45) is 0 Å². The topological polar surface area (TPSA) is 58.6 Å². The van der Waals surface area contributed by atoms with E-state index in [1.54, 1.807) is 12.1 Å². The Kier molecular flexibility index (Phi) is 5.37. The molecule has 0 saturated carbocycles. The van der Waals surface area contributed by atoms with Crippen molar-refractivity contribution in [2.75, 3.05) is 13.1 Å². The van der Waals surface area contributed by atoms with Crippen molar-refractivity contribution in [1.29, 1.82) is 0 Å². The van der Waals surface area contributed by atoms with Crippen LogP contribution < -0.4 is 10.1 Å². The number of likely N-dealkylation sites (tertiary alicyclic amines) is 1. The van der Waals surface area contributed by atoms with Crippen LogP contribution in [0.2, 0.25) is 0 Å². The molecule has 5 nitrogen and oxygen atoms in total. The Hall–Kier alpha value is -1.95. The van der Waals surface area contributed by atoms with E-state index in [-0.39, 0.29) is 24.1 Å². The molecule has 0 spiro atoms. The number of nitrogens with one attached hydrogen (secondary N) is 1. The predicted molar refractivity (Wildman–Crippen MR) is 91.9 cm³/mol. The first kappa shape index (κ1) is 17.9. The van der Waals surface area contributed by atoms with Crippen molar-refractivity contribution in [2.45, 2.75) is 57.6 Å². The van der Waals surface area contributed by atoms with Crippen molar-refractivity contribution < 1.29 is 18.7 Å². The van der Waals surface area contributed by atoms with Gasteiger partial charge in [0, 0.05) is 24.9 Å². The number of imide groups is 1. The summed E-state index contributed by atoms with van der Waals surface area (Å²) in [5, 5.41) is 2.24. The van der Waals surface area contributed by atoms with E-state index < -0.39 is 12.0 Å². The molecule has 0 aromatic heterocycles. The summed E-state index contributed by atoms with van der Waals surface area (Å²) in [6.45, 7) is 6.33. The first-order valence-electron chi connectivity index (χ1n) is 8.98. The number of carbonyl (C=O) groups excluding carboxylic acids is 2. The highest BCUT2D eigenvalue weighted by Gasteiger charge is 2.29. The van der Waals surface area contributed by atoms with Crippen LogP contribution in [0.5, 0.6) is 5.75 Å². The van der Waals surface area contributed by atoms with Gasteiger partial charge >= 0.3 is 0 Å². The van der Waals surface area contributed by atoms with Gasteiger partial charge in [0.15, 0.2) is 6.10 Å². The quantitative estimate of drug-likeness (QED) is 0.850. The maximum atomic E-state index is 14.6. The van der Waals surface area contributed by atoms with E-state index in [1.165, 1.54) is 6.07 Å². The van der Waals surface area contributed by atoms with E-state index in [1.807, 2.05) is 0 Å². The second-order valence-electron chi connectivity index (χ2n) is 7.14. The van der Waals surface area contributed by atoms with Gasteiger partial charge in [-0.05, 0) is 57.3 Å². The standard InChI is InChI=1S/C19H25FN2O3/c1-12(2)22-9-7-13(8-10-22)15-4-3-14(11-16(15)20)25-17-5-6-18(23)21-19(17)24/h3-4,11-13,17H,5-10H2,1-2H3,(H,21,23,24). The zero-order chi connectivity index (χ0) is 18.0. The molecule has 2 saturated heterocycles. The molecule has 2 heterocycles. The second-order valence-corrected chi connectivity index (χ2v) is 7.14. The first-order chi connectivity index (χ1) is 11.9. The van der Waals surface area contributed by atoms with Crippen molar-refractivity contribution in [3.63, 3.8) is 0 Å². The minimum atomic E-state index is -0.739.